The van der Waals surface area contributed by atoms with Crippen LogP contribution in [0, 0.1) is 5.92 Å². The summed E-state index contributed by atoms with van der Waals surface area (Å²) in [7, 11) is 0. The maximum atomic E-state index is 11.6. The van der Waals surface area contributed by atoms with Gasteiger partial charge in [0.2, 0.25) is 0 Å². The van der Waals surface area contributed by atoms with Crippen molar-refractivity contribution in [2.45, 2.75) is 39.8 Å². The van der Waals surface area contributed by atoms with Crippen molar-refractivity contribution in [2.24, 2.45) is 11.7 Å². The molecule has 18 heavy (non-hydrogen) atoms. The molecular formula is C14H20N2O2. The van der Waals surface area contributed by atoms with E-state index >= 15 is 0 Å². The summed E-state index contributed by atoms with van der Waals surface area (Å²) in [5, 5.41) is 0. The topological polar surface area (TPSA) is 61.2 Å². The largest absolute Gasteiger partial charge is 0.419 e. The van der Waals surface area contributed by atoms with E-state index in [1.165, 1.54) is 0 Å². The average molecular weight is 248 g/mol. The fourth-order valence-electron chi connectivity index (χ4n) is 2.26. The summed E-state index contributed by atoms with van der Waals surface area (Å²) in [6.45, 7) is 6.83. The lowest BCUT2D eigenvalue weighted by Gasteiger charge is -2.14. The Kier molecular flexibility index (Phi) is 3.57. The standard InChI is InChI=1S/C14H20N2O2/c1-4-16-12-6-5-10(11(15)7-9(2)3)8-13(12)18-14(16)17/h5-6,8-9,11H,4,7,15H2,1-3H3. The number of hydrogen-bond acceptors (Lipinski definition) is 3. The first-order chi connectivity index (χ1) is 8.52. The van der Waals surface area contributed by atoms with E-state index in [1.807, 2.05) is 25.1 Å². The molecule has 0 radical (unpaired) electrons. The van der Waals surface area contributed by atoms with Crippen molar-refractivity contribution in [1.82, 2.24) is 4.57 Å². The summed E-state index contributed by atoms with van der Waals surface area (Å²) >= 11 is 0. The van der Waals surface area contributed by atoms with Gasteiger partial charge < -0.3 is 10.2 Å². The van der Waals surface area contributed by atoms with Gasteiger partial charge in [0.15, 0.2) is 5.58 Å². The second kappa shape index (κ2) is 4.98. The molecule has 0 aliphatic rings. The highest BCUT2D eigenvalue weighted by molar-refractivity contribution is 5.73. The maximum absolute atomic E-state index is 11.6. The molecule has 1 unspecified atom stereocenters. The number of nitrogens with zero attached hydrogens (tertiary/aromatic N) is 1. The Morgan fingerprint density at radius 1 is 1.39 bits per heavy atom. The molecule has 0 amide bonds. The number of hydrogen-bond donors (Lipinski definition) is 1. The number of nitrogens with two attached hydrogens (primary N) is 1. The molecule has 98 valence electrons. The first kappa shape index (κ1) is 12.9. The average Bonchev–Trinajstić information content (AvgIpc) is 2.62. The van der Waals surface area contributed by atoms with E-state index in [1.54, 1.807) is 4.57 Å². The Balaban J connectivity index is 2.42. The third kappa shape index (κ3) is 2.34. The van der Waals surface area contributed by atoms with Gasteiger partial charge in [0.05, 0.1) is 5.52 Å². The van der Waals surface area contributed by atoms with Crippen molar-refractivity contribution in [3.63, 3.8) is 0 Å². The summed E-state index contributed by atoms with van der Waals surface area (Å²) in [4.78, 5) is 11.6. The van der Waals surface area contributed by atoms with E-state index in [0.717, 1.165) is 17.5 Å². The van der Waals surface area contributed by atoms with Crippen LogP contribution in [0.1, 0.15) is 38.8 Å². The number of oxazole rings is 1. The second-order valence-electron chi connectivity index (χ2n) is 5.08. The fourth-order valence-corrected chi connectivity index (χ4v) is 2.26. The highest BCUT2D eigenvalue weighted by atomic mass is 16.4. The van der Waals surface area contributed by atoms with E-state index in [9.17, 15) is 4.79 Å². The lowest BCUT2D eigenvalue weighted by atomic mass is 9.98. The Morgan fingerprint density at radius 2 is 2.11 bits per heavy atom. The van der Waals surface area contributed by atoms with Crippen molar-refractivity contribution < 1.29 is 4.42 Å². The van der Waals surface area contributed by atoms with Crippen LogP contribution in [0.4, 0.5) is 0 Å². The smallest absolute Gasteiger partial charge is 0.408 e. The minimum absolute atomic E-state index is 0.00956. The van der Waals surface area contributed by atoms with Crippen molar-refractivity contribution in [3.05, 3.63) is 34.3 Å². The molecule has 4 heteroatoms. The molecule has 0 saturated heterocycles. The number of benzene rings is 1. The zero-order chi connectivity index (χ0) is 13.3. The molecule has 1 heterocycles. The van der Waals surface area contributed by atoms with Crippen LogP contribution in [0.5, 0.6) is 0 Å². The van der Waals surface area contributed by atoms with Crippen LogP contribution in [-0.4, -0.2) is 4.57 Å². The van der Waals surface area contributed by atoms with Gasteiger partial charge in [-0.1, -0.05) is 19.9 Å². The molecule has 0 bridgehead atoms. The van der Waals surface area contributed by atoms with Gasteiger partial charge in [-0.3, -0.25) is 4.57 Å². The first-order valence-electron chi connectivity index (χ1n) is 6.41. The van der Waals surface area contributed by atoms with Gasteiger partial charge in [-0.15, -0.1) is 0 Å². The van der Waals surface area contributed by atoms with Gasteiger partial charge in [0, 0.05) is 12.6 Å². The van der Waals surface area contributed by atoms with Gasteiger partial charge in [-0.2, -0.15) is 0 Å². The zero-order valence-corrected chi connectivity index (χ0v) is 11.1. The Hall–Kier alpha value is -1.55. The molecule has 0 aliphatic carbocycles. The molecule has 1 aromatic carbocycles. The maximum Gasteiger partial charge on any atom is 0.419 e. The van der Waals surface area contributed by atoms with Crippen LogP contribution in [0.25, 0.3) is 11.1 Å². The van der Waals surface area contributed by atoms with Crippen LogP contribution in [0.3, 0.4) is 0 Å². The zero-order valence-electron chi connectivity index (χ0n) is 11.1. The summed E-state index contributed by atoms with van der Waals surface area (Å²) in [6, 6.07) is 5.77. The van der Waals surface area contributed by atoms with Crippen LogP contribution >= 0.6 is 0 Å². The second-order valence-corrected chi connectivity index (χ2v) is 5.08. The first-order valence-corrected chi connectivity index (χ1v) is 6.41. The number of rotatable bonds is 4. The van der Waals surface area contributed by atoms with Gasteiger partial charge in [0.25, 0.3) is 0 Å². The molecule has 2 N–H and O–H groups in total. The monoisotopic (exact) mass is 248 g/mol. The SMILES string of the molecule is CCn1c(=O)oc2cc(C(N)CC(C)C)ccc21. The normalized spacial score (nSPS) is 13.4. The van der Waals surface area contributed by atoms with Gasteiger partial charge >= 0.3 is 5.76 Å². The molecule has 0 spiro atoms. The molecule has 1 aromatic heterocycles. The quantitative estimate of drug-likeness (QED) is 0.904. The Bertz CT molecular complexity index is 595. The van der Waals surface area contributed by atoms with Crippen molar-refractivity contribution in [1.29, 1.82) is 0 Å². The molecule has 4 nitrogen and oxygen atoms in total. The number of aromatic nitrogens is 1. The van der Waals surface area contributed by atoms with Crippen LogP contribution in [0.15, 0.2) is 27.4 Å². The molecule has 0 aliphatic heterocycles. The molecule has 0 fully saturated rings. The predicted octanol–water partition coefficient (Wildman–Crippen LogP) is 2.66. The number of fused-ring (bicyclic) bond motifs is 1. The Labute approximate surface area is 106 Å². The lowest BCUT2D eigenvalue weighted by Crippen LogP contribution is -2.13. The van der Waals surface area contributed by atoms with Crippen LogP contribution < -0.4 is 11.5 Å². The number of aryl methyl sites for hydroxylation is 1. The third-order valence-corrected chi connectivity index (χ3v) is 3.16. The van der Waals surface area contributed by atoms with Crippen molar-refractivity contribution >= 4 is 11.1 Å². The summed E-state index contributed by atoms with van der Waals surface area (Å²) in [6.07, 6.45) is 0.921. The summed E-state index contributed by atoms with van der Waals surface area (Å²) < 4.78 is 6.86. The Morgan fingerprint density at radius 3 is 2.72 bits per heavy atom. The molecular weight excluding hydrogens is 228 g/mol. The van der Waals surface area contributed by atoms with Gasteiger partial charge in [0.1, 0.15) is 0 Å². The van der Waals surface area contributed by atoms with Gasteiger partial charge in [-0.25, -0.2) is 4.79 Å². The lowest BCUT2D eigenvalue weighted by molar-refractivity contribution is 0.504. The molecule has 2 aromatic rings. The fraction of sp³-hybridized carbons (Fsp3) is 0.500. The van der Waals surface area contributed by atoms with Crippen molar-refractivity contribution in [3.8, 4) is 0 Å². The van der Waals surface area contributed by atoms with E-state index < -0.39 is 0 Å². The van der Waals surface area contributed by atoms with E-state index in [-0.39, 0.29) is 11.8 Å². The third-order valence-electron chi connectivity index (χ3n) is 3.16. The van der Waals surface area contributed by atoms with Gasteiger partial charge in [-0.05, 0) is 37.0 Å². The minimum atomic E-state index is -0.304. The van der Waals surface area contributed by atoms with E-state index in [4.69, 9.17) is 10.2 Å². The molecule has 0 saturated carbocycles. The predicted molar refractivity (Wildman–Crippen MR) is 72.5 cm³/mol. The summed E-state index contributed by atoms with van der Waals surface area (Å²) in [5.41, 5.74) is 8.62. The van der Waals surface area contributed by atoms with Crippen LogP contribution in [0.2, 0.25) is 0 Å². The van der Waals surface area contributed by atoms with Crippen LogP contribution in [-0.2, 0) is 6.54 Å². The summed E-state index contributed by atoms with van der Waals surface area (Å²) in [5.74, 6) is 0.241. The minimum Gasteiger partial charge on any atom is -0.408 e. The highest BCUT2D eigenvalue weighted by Crippen LogP contribution is 2.22. The molecule has 2 rings (SSSR count). The van der Waals surface area contributed by atoms with Crippen molar-refractivity contribution in [2.75, 3.05) is 0 Å². The highest BCUT2D eigenvalue weighted by Gasteiger charge is 2.12. The van der Waals surface area contributed by atoms with E-state index in [0.29, 0.717) is 18.0 Å². The molecule has 1 atom stereocenters. The van der Waals surface area contributed by atoms with E-state index in [2.05, 4.69) is 13.8 Å².